The van der Waals surface area contributed by atoms with Crippen molar-refractivity contribution in [3.8, 4) is 5.75 Å². The normalized spacial score (nSPS) is 18.8. The lowest BCUT2D eigenvalue weighted by Gasteiger charge is -2.29. The predicted molar refractivity (Wildman–Crippen MR) is 95.8 cm³/mol. The van der Waals surface area contributed by atoms with Crippen molar-refractivity contribution < 1.29 is 15.0 Å². The molecule has 0 bridgehead atoms. The third-order valence-corrected chi connectivity index (χ3v) is 4.86. The smallest absolute Gasteiger partial charge is 0.339 e. The fraction of sp³-hybridized carbons (Fsp3) is 0.250. The molecule has 0 spiro atoms. The summed E-state index contributed by atoms with van der Waals surface area (Å²) in [6, 6.07) is 13.2. The first-order valence-electron chi connectivity index (χ1n) is 7.89. The number of para-hydroxylation sites is 1. The molecule has 4 nitrogen and oxygen atoms in total. The molecule has 4 heteroatoms. The molecule has 2 N–H and O–H groups in total. The van der Waals surface area contributed by atoms with E-state index >= 15 is 0 Å². The van der Waals surface area contributed by atoms with E-state index < -0.39 is 5.97 Å². The summed E-state index contributed by atoms with van der Waals surface area (Å²) in [5.41, 5.74) is 3.15. The average Bonchev–Trinajstić information content (AvgIpc) is 2.74. The van der Waals surface area contributed by atoms with Crippen LogP contribution in [0.5, 0.6) is 5.75 Å². The zero-order valence-corrected chi connectivity index (χ0v) is 14.0. The van der Waals surface area contributed by atoms with E-state index in [2.05, 4.69) is 50.1 Å². The van der Waals surface area contributed by atoms with Crippen molar-refractivity contribution in [1.29, 1.82) is 0 Å². The summed E-state index contributed by atoms with van der Waals surface area (Å²) in [6.07, 6.45) is 4.01. The maximum Gasteiger partial charge on any atom is 0.339 e. The number of carboxylic acid groups (broad SMARTS) is 1. The van der Waals surface area contributed by atoms with Gasteiger partial charge in [0.2, 0.25) is 0 Å². The number of nitrogens with zero attached hydrogens (tertiary/aromatic N) is 1. The average molecular weight is 323 g/mol. The number of likely N-dealkylation sites (N-methyl/N-ethyl adjacent to an activating group) is 1. The maximum atomic E-state index is 11.1. The van der Waals surface area contributed by atoms with Crippen molar-refractivity contribution in [2.45, 2.75) is 25.3 Å². The van der Waals surface area contributed by atoms with Gasteiger partial charge in [0.1, 0.15) is 11.3 Å². The van der Waals surface area contributed by atoms with Gasteiger partial charge in [0.05, 0.1) is 6.04 Å². The Kier molecular flexibility index (Phi) is 3.84. The second-order valence-corrected chi connectivity index (χ2v) is 6.74. The summed E-state index contributed by atoms with van der Waals surface area (Å²) in [7, 11) is 2.07. The first-order chi connectivity index (χ1) is 11.3. The molecular weight excluding hydrogens is 302 g/mol. The number of rotatable bonds is 3. The van der Waals surface area contributed by atoms with Gasteiger partial charge < -0.3 is 15.1 Å². The van der Waals surface area contributed by atoms with Crippen LogP contribution in [-0.4, -0.2) is 29.3 Å². The van der Waals surface area contributed by atoms with Crippen LogP contribution in [0.3, 0.4) is 0 Å². The SMILES string of the molecule is CN1c2ccccc2C(C)(C)C1/C=C/c1ccc(O)c(C(=O)O)c1. The molecule has 1 aliphatic rings. The number of carboxylic acids is 1. The fourth-order valence-corrected chi connectivity index (χ4v) is 3.52. The van der Waals surface area contributed by atoms with Crippen LogP contribution < -0.4 is 4.90 Å². The first-order valence-corrected chi connectivity index (χ1v) is 7.89. The third kappa shape index (κ3) is 2.54. The number of hydrogen-bond donors (Lipinski definition) is 2. The van der Waals surface area contributed by atoms with E-state index in [1.165, 1.54) is 23.4 Å². The molecule has 1 heterocycles. The number of carbonyl (C=O) groups is 1. The highest BCUT2D eigenvalue weighted by atomic mass is 16.4. The topological polar surface area (TPSA) is 60.8 Å². The van der Waals surface area contributed by atoms with E-state index in [0.29, 0.717) is 0 Å². The molecule has 1 unspecified atom stereocenters. The van der Waals surface area contributed by atoms with Gasteiger partial charge in [-0.3, -0.25) is 0 Å². The van der Waals surface area contributed by atoms with E-state index in [9.17, 15) is 9.90 Å². The lowest BCUT2D eigenvalue weighted by molar-refractivity contribution is 0.0693. The van der Waals surface area contributed by atoms with E-state index in [0.717, 1.165) is 5.56 Å². The molecule has 1 atom stereocenters. The van der Waals surface area contributed by atoms with Crippen molar-refractivity contribution in [1.82, 2.24) is 0 Å². The van der Waals surface area contributed by atoms with Gasteiger partial charge in [-0.2, -0.15) is 0 Å². The molecule has 2 aromatic carbocycles. The number of phenols is 1. The molecule has 0 aliphatic carbocycles. The highest BCUT2D eigenvalue weighted by molar-refractivity contribution is 5.91. The van der Waals surface area contributed by atoms with Crippen LogP contribution in [0.15, 0.2) is 48.5 Å². The summed E-state index contributed by atoms with van der Waals surface area (Å²) < 4.78 is 0. The van der Waals surface area contributed by atoms with Crippen molar-refractivity contribution in [2.75, 3.05) is 11.9 Å². The summed E-state index contributed by atoms with van der Waals surface area (Å²) in [5, 5.41) is 18.7. The molecule has 124 valence electrons. The Hall–Kier alpha value is -2.75. The van der Waals surface area contributed by atoms with Gasteiger partial charge in [-0.25, -0.2) is 4.79 Å². The number of benzene rings is 2. The molecule has 0 amide bonds. The molecule has 0 fully saturated rings. The predicted octanol–water partition coefficient (Wildman–Crippen LogP) is 3.90. The minimum absolute atomic E-state index is 0.0472. The Labute approximate surface area is 141 Å². The van der Waals surface area contributed by atoms with Gasteiger partial charge in [-0.05, 0) is 29.3 Å². The summed E-state index contributed by atoms with van der Waals surface area (Å²) >= 11 is 0. The van der Waals surface area contributed by atoms with Gasteiger partial charge in [-0.1, -0.05) is 50.3 Å². The minimum Gasteiger partial charge on any atom is -0.507 e. The van der Waals surface area contributed by atoms with Crippen molar-refractivity contribution in [3.05, 3.63) is 65.2 Å². The van der Waals surface area contributed by atoms with Crippen LogP contribution in [0.4, 0.5) is 5.69 Å². The van der Waals surface area contributed by atoms with Crippen LogP contribution in [0.1, 0.15) is 35.3 Å². The Morgan fingerprint density at radius 2 is 1.92 bits per heavy atom. The molecule has 0 aromatic heterocycles. The van der Waals surface area contributed by atoms with Crippen LogP contribution in [0, 0.1) is 0 Å². The monoisotopic (exact) mass is 323 g/mol. The molecule has 0 radical (unpaired) electrons. The van der Waals surface area contributed by atoms with E-state index in [-0.39, 0.29) is 22.8 Å². The summed E-state index contributed by atoms with van der Waals surface area (Å²) in [5.74, 6) is -1.35. The highest BCUT2D eigenvalue weighted by Crippen LogP contribution is 2.44. The van der Waals surface area contributed by atoms with Gasteiger partial charge >= 0.3 is 5.97 Å². The second-order valence-electron chi connectivity index (χ2n) is 6.74. The highest BCUT2D eigenvalue weighted by Gasteiger charge is 2.41. The zero-order valence-electron chi connectivity index (χ0n) is 14.0. The Balaban J connectivity index is 1.93. The quantitative estimate of drug-likeness (QED) is 0.899. The zero-order chi connectivity index (χ0) is 17.5. The number of aromatic carboxylic acids is 1. The molecule has 2 aromatic rings. The third-order valence-electron chi connectivity index (χ3n) is 4.86. The lowest BCUT2D eigenvalue weighted by atomic mass is 9.80. The first kappa shape index (κ1) is 16.1. The van der Waals surface area contributed by atoms with Crippen LogP contribution >= 0.6 is 0 Å². The molecule has 24 heavy (non-hydrogen) atoms. The molecular formula is C20H21NO3. The molecule has 1 aliphatic heterocycles. The number of aromatic hydroxyl groups is 1. The largest absolute Gasteiger partial charge is 0.507 e. The van der Waals surface area contributed by atoms with E-state index in [1.54, 1.807) is 6.07 Å². The van der Waals surface area contributed by atoms with Gasteiger partial charge in [-0.15, -0.1) is 0 Å². The molecule has 0 saturated heterocycles. The van der Waals surface area contributed by atoms with Gasteiger partial charge in [0.25, 0.3) is 0 Å². The van der Waals surface area contributed by atoms with E-state index in [4.69, 9.17) is 5.11 Å². The standard InChI is InChI=1S/C20H21NO3/c1-20(2)15-6-4-5-7-16(15)21(3)18(20)11-9-13-8-10-17(22)14(12-13)19(23)24/h4-12,18,22H,1-3H3,(H,23,24)/b11-9+. The fourth-order valence-electron chi connectivity index (χ4n) is 3.52. The number of fused-ring (bicyclic) bond motifs is 1. The van der Waals surface area contributed by atoms with Gasteiger partial charge in [0.15, 0.2) is 0 Å². The van der Waals surface area contributed by atoms with Crippen LogP contribution in [0.25, 0.3) is 6.08 Å². The Morgan fingerprint density at radius 1 is 1.21 bits per heavy atom. The second kappa shape index (κ2) is 5.71. The number of anilines is 1. The summed E-state index contributed by atoms with van der Waals surface area (Å²) in [6.45, 7) is 4.42. The summed E-state index contributed by atoms with van der Waals surface area (Å²) in [4.78, 5) is 13.4. The van der Waals surface area contributed by atoms with Crippen molar-refractivity contribution in [2.24, 2.45) is 0 Å². The van der Waals surface area contributed by atoms with Gasteiger partial charge in [0, 0.05) is 18.2 Å². The van der Waals surface area contributed by atoms with Crippen molar-refractivity contribution >= 4 is 17.7 Å². The Bertz CT molecular complexity index is 823. The van der Waals surface area contributed by atoms with Crippen molar-refractivity contribution in [3.63, 3.8) is 0 Å². The molecule has 0 saturated carbocycles. The lowest BCUT2D eigenvalue weighted by Crippen LogP contribution is -2.37. The number of hydrogen-bond acceptors (Lipinski definition) is 3. The van der Waals surface area contributed by atoms with E-state index in [1.807, 2.05) is 12.1 Å². The van der Waals surface area contributed by atoms with Crippen LogP contribution in [0.2, 0.25) is 0 Å². The van der Waals surface area contributed by atoms with Crippen LogP contribution in [-0.2, 0) is 5.41 Å². The Morgan fingerprint density at radius 3 is 2.58 bits per heavy atom. The minimum atomic E-state index is -1.13. The molecule has 3 rings (SSSR count). The maximum absolute atomic E-state index is 11.1.